The van der Waals surface area contributed by atoms with Crippen molar-refractivity contribution in [3.05, 3.63) is 0 Å². The van der Waals surface area contributed by atoms with E-state index in [1.807, 2.05) is 0 Å². The van der Waals surface area contributed by atoms with Crippen LogP contribution in [-0.2, 0) is 17.1 Å². The summed E-state index contributed by atoms with van der Waals surface area (Å²) in [5, 5.41) is 0. The summed E-state index contributed by atoms with van der Waals surface area (Å²) in [6.07, 6.45) is 3.99. The molecule has 2 rings (SSSR count). The van der Waals surface area contributed by atoms with Gasteiger partial charge in [-0.2, -0.15) is 0 Å². The predicted octanol–water partition coefficient (Wildman–Crippen LogP) is 0.649. The maximum atomic E-state index is 2.67. The Kier molecular flexibility index (Phi) is 9.34. The molecule has 2 saturated heterocycles. The van der Waals surface area contributed by atoms with Crippen LogP contribution in [0.15, 0.2) is 0 Å². The summed E-state index contributed by atoms with van der Waals surface area (Å²) in [7, 11) is 4.54. The van der Waals surface area contributed by atoms with Gasteiger partial charge in [-0.1, -0.05) is 0 Å². The molecule has 2 fully saturated rings. The van der Waals surface area contributed by atoms with Crippen molar-refractivity contribution in [1.82, 2.24) is 19.6 Å². The van der Waals surface area contributed by atoms with Gasteiger partial charge >= 0.3 is 17.1 Å². The van der Waals surface area contributed by atoms with Crippen LogP contribution in [0.5, 0.6) is 0 Å². The van der Waals surface area contributed by atoms with E-state index in [-0.39, 0.29) is 17.1 Å². The second-order valence-electron chi connectivity index (χ2n) is 6.35. The Morgan fingerprint density at radius 1 is 0.450 bits per heavy atom. The molecular weight excluding hydrogens is 291 g/mol. The largest absolute Gasteiger partial charge is 2.00 e. The van der Waals surface area contributed by atoms with Gasteiger partial charge in [-0.25, -0.2) is 0 Å². The smallest absolute Gasteiger partial charge is 0.305 e. The molecule has 0 saturated carbocycles. The first kappa shape index (κ1) is 18.4. The van der Waals surface area contributed by atoms with E-state index in [9.17, 15) is 0 Å². The summed E-state index contributed by atoms with van der Waals surface area (Å²) in [6.45, 7) is 12.6. The Morgan fingerprint density at radius 3 is 1.20 bits per heavy atom. The molecule has 0 amide bonds. The molecule has 0 N–H and O–H groups in total. The van der Waals surface area contributed by atoms with Crippen LogP contribution in [0.2, 0.25) is 0 Å². The summed E-state index contributed by atoms with van der Waals surface area (Å²) in [4.78, 5) is 10.3. The van der Waals surface area contributed by atoms with Crippen LogP contribution >= 0.6 is 0 Å². The zero-order valence-electron chi connectivity index (χ0n) is 13.4. The fourth-order valence-electron chi connectivity index (χ4n) is 3.17. The molecule has 2 bridgehead atoms. The van der Waals surface area contributed by atoms with Gasteiger partial charge in [-0.3, -0.25) is 0 Å². The molecule has 0 aromatic rings. The molecule has 2 aliphatic rings. The predicted molar refractivity (Wildman–Crippen MR) is 81.7 cm³/mol. The van der Waals surface area contributed by atoms with Crippen molar-refractivity contribution >= 4 is 0 Å². The molecule has 0 aromatic carbocycles. The van der Waals surface area contributed by atoms with Gasteiger partial charge in [-0.05, 0) is 72.6 Å². The first-order chi connectivity index (χ1) is 9.24. The third-order valence-corrected chi connectivity index (χ3v) is 4.57. The third kappa shape index (κ3) is 6.88. The number of likely N-dealkylation sites (N-methyl/N-ethyl adjacent to an activating group) is 2. The zero-order chi connectivity index (χ0) is 13.5. The molecule has 2 atom stereocenters. The van der Waals surface area contributed by atoms with Crippen molar-refractivity contribution < 1.29 is 17.1 Å². The Morgan fingerprint density at radius 2 is 0.800 bits per heavy atom. The van der Waals surface area contributed by atoms with E-state index in [1.165, 1.54) is 84.7 Å². The molecule has 0 aliphatic carbocycles. The van der Waals surface area contributed by atoms with Crippen LogP contribution in [0.3, 0.4) is 0 Å². The van der Waals surface area contributed by atoms with Crippen LogP contribution in [0.25, 0.3) is 0 Å². The molecule has 2 heterocycles. The zero-order valence-corrected chi connectivity index (χ0v) is 14.5. The van der Waals surface area contributed by atoms with Crippen LogP contribution in [-0.4, -0.2) is 99.1 Å². The maximum Gasteiger partial charge on any atom is 2.00 e. The normalized spacial score (nSPS) is 32.1. The average molecular weight is 323 g/mol. The topological polar surface area (TPSA) is 13.0 Å². The van der Waals surface area contributed by atoms with Gasteiger partial charge in [0.2, 0.25) is 0 Å². The molecule has 1 radical (unpaired) electrons. The number of hydrogen-bond acceptors (Lipinski definition) is 4. The maximum absolute atomic E-state index is 2.67. The summed E-state index contributed by atoms with van der Waals surface area (Å²) in [5.41, 5.74) is 0. The van der Waals surface area contributed by atoms with E-state index >= 15 is 0 Å². The van der Waals surface area contributed by atoms with Crippen molar-refractivity contribution in [2.75, 3.05) is 79.5 Å². The Bertz CT molecular complexity index is 228. The van der Waals surface area contributed by atoms with Gasteiger partial charge < -0.3 is 19.6 Å². The first-order valence-electron chi connectivity index (χ1n) is 8.06. The molecular formula is C15H32MnN4+2. The summed E-state index contributed by atoms with van der Waals surface area (Å²) < 4.78 is 0. The van der Waals surface area contributed by atoms with Crippen molar-refractivity contribution in [2.45, 2.75) is 19.3 Å². The molecule has 117 valence electrons. The SMILES string of the molecule is CN1CCCN2CCCN(CCCN(C)CC1)CC2.[Mn+2]. The number of rotatable bonds is 0. The molecule has 0 aromatic heterocycles. The van der Waals surface area contributed by atoms with E-state index in [4.69, 9.17) is 0 Å². The number of hydrogen-bond donors (Lipinski definition) is 0. The van der Waals surface area contributed by atoms with Gasteiger partial charge in [0, 0.05) is 26.2 Å². The van der Waals surface area contributed by atoms with Crippen molar-refractivity contribution in [2.24, 2.45) is 0 Å². The minimum atomic E-state index is 0. The second-order valence-corrected chi connectivity index (χ2v) is 6.35. The van der Waals surface area contributed by atoms with E-state index in [2.05, 4.69) is 33.7 Å². The van der Waals surface area contributed by atoms with Gasteiger partial charge in [0.15, 0.2) is 0 Å². The minimum Gasteiger partial charge on any atom is -0.305 e. The molecule has 5 heteroatoms. The van der Waals surface area contributed by atoms with Crippen LogP contribution < -0.4 is 0 Å². The average Bonchev–Trinajstić information content (AvgIpc) is 2.62. The Hall–Kier alpha value is 0.359. The van der Waals surface area contributed by atoms with Crippen molar-refractivity contribution in [1.29, 1.82) is 0 Å². The van der Waals surface area contributed by atoms with Crippen LogP contribution in [0, 0.1) is 0 Å². The molecule has 2 aliphatic heterocycles. The van der Waals surface area contributed by atoms with Crippen molar-refractivity contribution in [3.8, 4) is 0 Å². The van der Waals surface area contributed by atoms with Crippen LogP contribution in [0.1, 0.15) is 19.3 Å². The molecule has 0 spiro atoms. The Balaban J connectivity index is 0.00000200. The standard InChI is InChI=1S/C15H32N4.Mn/c1-16-6-3-8-18-10-5-11-19(15-14-18)9-4-7-17(2)13-12-16;/h3-15H2,1-2H3;/q;+2. The summed E-state index contributed by atoms with van der Waals surface area (Å²) in [5.74, 6) is 0. The minimum absolute atomic E-state index is 0. The van der Waals surface area contributed by atoms with Gasteiger partial charge in [0.25, 0.3) is 0 Å². The molecule has 20 heavy (non-hydrogen) atoms. The fourth-order valence-corrected chi connectivity index (χ4v) is 3.17. The van der Waals surface area contributed by atoms with E-state index < -0.39 is 0 Å². The summed E-state index contributed by atoms with van der Waals surface area (Å²) in [6, 6.07) is 0. The number of nitrogens with zero attached hydrogens (tertiary/aromatic N) is 4. The van der Waals surface area contributed by atoms with E-state index in [1.54, 1.807) is 0 Å². The number of fused-ring (bicyclic) bond motifs is 3. The summed E-state index contributed by atoms with van der Waals surface area (Å²) >= 11 is 0. The van der Waals surface area contributed by atoms with E-state index in [0.29, 0.717) is 0 Å². The second kappa shape index (κ2) is 10.1. The molecule has 4 nitrogen and oxygen atoms in total. The Labute approximate surface area is 135 Å². The monoisotopic (exact) mass is 323 g/mol. The third-order valence-electron chi connectivity index (χ3n) is 4.57. The quantitative estimate of drug-likeness (QED) is 0.607. The van der Waals surface area contributed by atoms with Gasteiger partial charge in [0.1, 0.15) is 0 Å². The van der Waals surface area contributed by atoms with Crippen LogP contribution in [0.4, 0.5) is 0 Å². The fraction of sp³-hybridized carbons (Fsp3) is 1.00. The van der Waals surface area contributed by atoms with Crippen molar-refractivity contribution in [3.63, 3.8) is 0 Å². The van der Waals surface area contributed by atoms with E-state index in [0.717, 1.165) is 0 Å². The van der Waals surface area contributed by atoms with Gasteiger partial charge in [0.05, 0.1) is 0 Å². The first-order valence-corrected chi connectivity index (χ1v) is 8.06. The van der Waals surface area contributed by atoms with Gasteiger partial charge in [-0.15, -0.1) is 0 Å². The molecule has 2 unspecified atom stereocenters.